The minimum atomic E-state index is -0.0197. The van der Waals surface area contributed by atoms with Crippen molar-refractivity contribution in [3.05, 3.63) is 59.1 Å². The highest BCUT2D eigenvalue weighted by Crippen LogP contribution is 2.46. The largest absolute Gasteiger partial charge is 0.493 e. The Morgan fingerprint density at radius 2 is 2.18 bits per heavy atom. The van der Waals surface area contributed by atoms with Gasteiger partial charge in [0.2, 0.25) is 5.88 Å². The summed E-state index contributed by atoms with van der Waals surface area (Å²) in [6, 6.07) is 14.1. The summed E-state index contributed by atoms with van der Waals surface area (Å²) in [7, 11) is 1.64. The fraction of sp³-hybridized carbons (Fsp3) is 0.360. The third-order valence-corrected chi connectivity index (χ3v) is 7.44. The van der Waals surface area contributed by atoms with Crippen molar-refractivity contribution in [1.82, 2.24) is 15.2 Å². The van der Waals surface area contributed by atoms with Crippen LogP contribution in [0.25, 0.3) is 0 Å². The predicted octanol–water partition coefficient (Wildman–Crippen LogP) is 4.81. The number of carbonyl (C=O) groups excluding carboxylic acids is 1. The lowest BCUT2D eigenvalue weighted by Crippen LogP contribution is -2.39. The number of hydrogen-bond donors (Lipinski definition) is 1. The molecule has 0 spiro atoms. The van der Waals surface area contributed by atoms with Gasteiger partial charge in [-0.3, -0.25) is 9.69 Å². The van der Waals surface area contributed by atoms with Crippen LogP contribution in [0.2, 0.25) is 0 Å². The number of aromatic nitrogens is 1. The number of ether oxygens (including phenoxy) is 2. The van der Waals surface area contributed by atoms with Gasteiger partial charge in [-0.15, -0.1) is 11.3 Å². The van der Waals surface area contributed by atoms with Gasteiger partial charge in [0.05, 0.1) is 23.5 Å². The number of likely N-dealkylation sites (tertiary alicyclic amines) is 1. The molecule has 5 rings (SSSR count). The Morgan fingerprint density at radius 1 is 1.27 bits per heavy atom. The minimum Gasteiger partial charge on any atom is -0.493 e. The van der Waals surface area contributed by atoms with Gasteiger partial charge >= 0.3 is 0 Å². The predicted molar refractivity (Wildman–Crippen MR) is 130 cm³/mol. The summed E-state index contributed by atoms with van der Waals surface area (Å²) in [5.41, 5.74) is 1.85. The molecular weight excluding hydrogens is 436 g/mol. The minimum absolute atomic E-state index is 0.0197. The number of anilines is 2. The van der Waals surface area contributed by atoms with Crippen molar-refractivity contribution < 1.29 is 14.3 Å². The highest BCUT2D eigenvalue weighted by Gasteiger charge is 2.27. The van der Waals surface area contributed by atoms with Gasteiger partial charge in [0, 0.05) is 24.3 Å². The highest BCUT2D eigenvalue weighted by atomic mass is 32.1. The van der Waals surface area contributed by atoms with E-state index in [0.717, 1.165) is 35.8 Å². The SMILES string of the molecule is CCN1CCC[C@H]1CNC(=O)c1ccc(N2Cc3cccc(OC)c3Oc3ncccc32)s1. The van der Waals surface area contributed by atoms with Gasteiger partial charge in [-0.25, -0.2) is 4.98 Å². The molecule has 0 unspecified atom stereocenters. The van der Waals surface area contributed by atoms with Crippen LogP contribution in [-0.2, 0) is 6.54 Å². The van der Waals surface area contributed by atoms with Crippen molar-refractivity contribution in [3.8, 4) is 17.4 Å². The molecule has 2 aliphatic heterocycles. The second kappa shape index (κ2) is 9.41. The number of methoxy groups -OCH3 is 1. The number of nitrogens with zero attached hydrogens (tertiary/aromatic N) is 3. The van der Waals surface area contributed by atoms with Gasteiger partial charge in [-0.2, -0.15) is 0 Å². The number of amides is 1. The Bertz CT molecular complexity index is 1150. The maximum absolute atomic E-state index is 12.9. The third kappa shape index (κ3) is 4.28. The first-order valence-electron chi connectivity index (χ1n) is 11.4. The van der Waals surface area contributed by atoms with Crippen molar-refractivity contribution >= 4 is 27.9 Å². The lowest BCUT2D eigenvalue weighted by Gasteiger charge is -2.22. The summed E-state index contributed by atoms with van der Waals surface area (Å²) in [6.07, 6.45) is 4.06. The van der Waals surface area contributed by atoms with Crippen LogP contribution >= 0.6 is 11.3 Å². The number of carbonyl (C=O) groups is 1. The number of thiophene rings is 1. The van der Waals surface area contributed by atoms with Crippen LogP contribution < -0.4 is 19.7 Å². The number of benzene rings is 1. The molecule has 0 radical (unpaired) electrons. The van der Waals surface area contributed by atoms with E-state index in [9.17, 15) is 4.79 Å². The number of likely N-dealkylation sites (N-methyl/N-ethyl adjacent to an activating group) is 1. The fourth-order valence-electron chi connectivity index (χ4n) is 4.61. The third-order valence-electron chi connectivity index (χ3n) is 6.33. The zero-order chi connectivity index (χ0) is 22.8. The molecule has 0 aliphatic carbocycles. The molecule has 1 atom stereocenters. The summed E-state index contributed by atoms with van der Waals surface area (Å²) in [4.78, 5) is 22.6. The summed E-state index contributed by atoms with van der Waals surface area (Å²) in [5, 5.41) is 4.10. The van der Waals surface area contributed by atoms with Gasteiger partial charge < -0.3 is 19.7 Å². The molecule has 2 aromatic heterocycles. The van der Waals surface area contributed by atoms with Crippen LogP contribution in [0, 0.1) is 0 Å². The summed E-state index contributed by atoms with van der Waals surface area (Å²) < 4.78 is 11.7. The summed E-state index contributed by atoms with van der Waals surface area (Å²) in [5.74, 6) is 1.84. The van der Waals surface area contributed by atoms with Gasteiger partial charge in [-0.1, -0.05) is 19.1 Å². The average Bonchev–Trinajstić information content (AvgIpc) is 3.48. The van der Waals surface area contributed by atoms with Crippen LogP contribution in [0.15, 0.2) is 48.7 Å². The molecule has 172 valence electrons. The van der Waals surface area contributed by atoms with Crippen molar-refractivity contribution in [2.24, 2.45) is 0 Å². The normalized spacial score (nSPS) is 17.6. The first-order chi connectivity index (χ1) is 16.2. The van der Waals surface area contributed by atoms with Crippen LogP contribution in [-0.4, -0.2) is 48.6 Å². The smallest absolute Gasteiger partial charge is 0.261 e. The first-order valence-corrected chi connectivity index (χ1v) is 12.2. The Balaban J connectivity index is 1.39. The number of hydrogen-bond acceptors (Lipinski definition) is 7. The molecule has 1 aromatic carbocycles. The molecular formula is C25H28N4O3S. The maximum Gasteiger partial charge on any atom is 0.261 e. The van der Waals surface area contributed by atoms with Gasteiger partial charge in [0.15, 0.2) is 11.5 Å². The standard InChI is InChI=1S/C25H28N4O3S/c1-3-28-14-6-8-18(28)15-27-24(30)21-11-12-22(33-21)29-16-17-7-4-10-20(31-2)23(17)32-25-19(29)9-5-13-26-25/h4-5,7,9-13,18H,3,6,8,14-16H2,1-2H3,(H,27,30)/t18-/m0/s1. The first kappa shape index (κ1) is 21.7. The molecule has 4 heterocycles. The van der Waals surface area contributed by atoms with E-state index >= 15 is 0 Å². The van der Waals surface area contributed by atoms with E-state index in [0.29, 0.717) is 41.4 Å². The Kier molecular flexibility index (Phi) is 6.20. The Hall–Kier alpha value is -3.10. The summed E-state index contributed by atoms with van der Waals surface area (Å²) >= 11 is 1.48. The van der Waals surface area contributed by atoms with Crippen LogP contribution in [0.1, 0.15) is 35.0 Å². The van der Waals surface area contributed by atoms with E-state index in [2.05, 4.69) is 27.0 Å². The number of pyridine rings is 1. The quantitative estimate of drug-likeness (QED) is 0.565. The Labute approximate surface area is 198 Å². The number of rotatable bonds is 6. The van der Waals surface area contributed by atoms with Crippen molar-refractivity contribution in [3.63, 3.8) is 0 Å². The van der Waals surface area contributed by atoms with E-state index in [1.165, 1.54) is 17.8 Å². The average molecular weight is 465 g/mol. The zero-order valence-corrected chi connectivity index (χ0v) is 19.7. The lowest BCUT2D eigenvalue weighted by atomic mass is 10.1. The van der Waals surface area contributed by atoms with Gasteiger partial charge in [0.25, 0.3) is 5.91 Å². The molecule has 3 aromatic rings. The van der Waals surface area contributed by atoms with Crippen molar-refractivity contribution in [2.75, 3.05) is 31.6 Å². The Morgan fingerprint density at radius 3 is 3.03 bits per heavy atom. The maximum atomic E-state index is 12.9. The second-order valence-corrected chi connectivity index (χ2v) is 9.30. The molecule has 2 aliphatic rings. The van der Waals surface area contributed by atoms with Gasteiger partial charge in [0.1, 0.15) is 5.69 Å². The molecule has 1 fully saturated rings. The molecule has 1 amide bonds. The van der Waals surface area contributed by atoms with E-state index in [1.54, 1.807) is 13.3 Å². The molecule has 0 saturated carbocycles. The van der Waals surface area contributed by atoms with E-state index in [-0.39, 0.29) is 5.91 Å². The molecule has 33 heavy (non-hydrogen) atoms. The monoisotopic (exact) mass is 464 g/mol. The number of para-hydroxylation sites is 1. The molecule has 1 saturated heterocycles. The molecule has 1 N–H and O–H groups in total. The molecule has 8 heteroatoms. The fourth-order valence-corrected chi connectivity index (χ4v) is 5.55. The zero-order valence-electron chi connectivity index (χ0n) is 18.9. The molecule has 0 bridgehead atoms. The van der Waals surface area contributed by atoms with Crippen molar-refractivity contribution in [1.29, 1.82) is 0 Å². The van der Waals surface area contributed by atoms with Crippen LogP contribution in [0.4, 0.5) is 10.7 Å². The van der Waals surface area contributed by atoms with Gasteiger partial charge in [-0.05, 0) is 56.3 Å². The topological polar surface area (TPSA) is 66.9 Å². The summed E-state index contributed by atoms with van der Waals surface area (Å²) in [6.45, 7) is 5.60. The second-order valence-electron chi connectivity index (χ2n) is 8.24. The van der Waals surface area contributed by atoms with E-state index in [4.69, 9.17) is 9.47 Å². The number of fused-ring (bicyclic) bond motifs is 2. The van der Waals surface area contributed by atoms with E-state index in [1.807, 2.05) is 42.5 Å². The molecule has 7 nitrogen and oxygen atoms in total. The van der Waals surface area contributed by atoms with Crippen LogP contribution in [0.3, 0.4) is 0 Å². The van der Waals surface area contributed by atoms with Crippen molar-refractivity contribution in [2.45, 2.75) is 32.4 Å². The van der Waals surface area contributed by atoms with E-state index < -0.39 is 0 Å². The highest BCUT2D eigenvalue weighted by molar-refractivity contribution is 7.18. The van der Waals surface area contributed by atoms with Crippen LogP contribution in [0.5, 0.6) is 17.4 Å². The lowest BCUT2D eigenvalue weighted by molar-refractivity contribution is 0.0945. The number of nitrogens with one attached hydrogen (secondary N) is 1.